The van der Waals surface area contributed by atoms with Gasteiger partial charge in [0.25, 0.3) is 11.1 Å². The quantitative estimate of drug-likeness (QED) is 0.626. The number of aromatic nitrogens is 2. The standard InChI is InChI=1S/C21H21N3O4S/c1-12-8-9-15(13(2)10-12)22-19(25)14(3)29-21-24-23-20(28-21)18-11-26-16-6-4-5-7-17(16)27-18/h4-10,14,18H,11H2,1-3H3,(H,22,25)/t14-,18+/m0/s1. The highest BCUT2D eigenvalue weighted by Gasteiger charge is 2.28. The number of anilines is 1. The zero-order valence-electron chi connectivity index (χ0n) is 16.3. The van der Waals surface area contributed by atoms with Crippen molar-refractivity contribution in [3.63, 3.8) is 0 Å². The lowest BCUT2D eigenvalue weighted by Crippen LogP contribution is -2.23. The Morgan fingerprint density at radius 1 is 1.17 bits per heavy atom. The summed E-state index contributed by atoms with van der Waals surface area (Å²) in [7, 11) is 0. The highest BCUT2D eigenvalue weighted by molar-refractivity contribution is 8.00. The summed E-state index contributed by atoms with van der Waals surface area (Å²) >= 11 is 1.20. The van der Waals surface area contributed by atoms with Crippen LogP contribution in [0.4, 0.5) is 5.69 Å². The first-order chi connectivity index (χ1) is 14.0. The predicted octanol–water partition coefficient (Wildman–Crippen LogP) is 4.32. The molecule has 4 rings (SSSR count). The molecule has 2 heterocycles. The van der Waals surface area contributed by atoms with Crippen LogP contribution in [0.2, 0.25) is 0 Å². The van der Waals surface area contributed by atoms with Gasteiger partial charge in [-0.3, -0.25) is 4.79 Å². The van der Waals surface area contributed by atoms with E-state index in [1.807, 2.05) is 56.3 Å². The van der Waals surface area contributed by atoms with E-state index >= 15 is 0 Å². The first-order valence-electron chi connectivity index (χ1n) is 9.26. The Bertz CT molecular complexity index is 1040. The minimum Gasteiger partial charge on any atom is -0.485 e. The number of para-hydroxylation sites is 2. The van der Waals surface area contributed by atoms with E-state index in [0.717, 1.165) is 16.8 Å². The van der Waals surface area contributed by atoms with Crippen molar-refractivity contribution in [3.05, 3.63) is 59.5 Å². The van der Waals surface area contributed by atoms with Crippen LogP contribution in [0.1, 0.15) is 30.0 Å². The molecule has 0 radical (unpaired) electrons. The molecular formula is C21H21N3O4S. The van der Waals surface area contributed by atoms with E-state index in [1.165, 1.54) is 11.8 Å². The summed E-state index contributed by atoms with van der Waals surface area (Å²) < 4.78 is 17.3. The first kappa shape index (κ1) is 19.3. The van der Waals surface area contributed by atoms with Crippen LogP contribution < -0.4 is 14.8 Å². The van der Waals surface area contributed by atoms with E-state index in [-0.39, 0.29) is 12.5 Å². The molecule has 150 valence electrons. The van der Waals surface area contributed by atoms with Crippen molar-refractivity contribution in [2.45, 2.75) is 37.3 Å². The van der Waals surface area contributed by atoms with Crippen molar-refractivity contribution in [3.8, 4) is 11.5 Å². The van der Waals surface area contributed by atoms with Crippen LogP contribution in [-0.2, 0) is 4.79 Å². The van der Waals surface area contributed by atoms with E-state index in [1.54, 1.807) is 6.92 Å². The Labute approximate surface area is 172 Å². The van der Waals surface area contributed by atoms with Gasteiger partial charge in [0.2, 0.25) is 12.0 Å². The third-order valence-electron chi connectivity index (χ3n) is 4.49. The van der Waals surface area contributed by atoms with Gasteiger partial charge in [0.15, 0.2) is 11.5 Å². The fourth-order valence-electron chi connectivity index (χ4n) is 2.93. The van der Waals surface area contributed by atoms with Crippen molar-refractivity contribution in [2.24, 2.45) is 0 Å². The molecule has 1 aliphatic rings. The summed E-state index contributed by atoms with van der Waals surface area (Å²) in [4.78, 5) is 12.5. The minimum absolute atomic E-state index is 0.132. The summed E-state index contributed by atoms with van der Waals surface area (Å²) in [5.41, 5.74) is 2.97. The molecule has 1 aliphatic heterocycles. The van der Waals surface area contributed by atoms with Gasteiger partial charge in [-0.2, -0.15) is 0 Å². The van der Waals surface area contributed by atoms with E-state index in [4.69, 9.17) is 13.9 Å². The number of rotatable bonds is 5. The Kier molecular flexibility index (Phi) is 5.44. The number of thioether (sulfide) groups is 1. The van der Waals surface area contributed by atoms with Gasteiger partial charge >= 0.3 is 0 Å². The summed E-state index contributed by atoms with van der Waals surface area (Å²) in [5, 5.41) is 10.9. The smallest absolute Gasteiger partial charge is 0.277 e. The number of benzene rings is 2. The molecule has 1 amide bonds. The molecule has 0 saturated heterocycles. The van der Waals surface area contributed by atoms with Crippen molar-refractivity contribution in [2.75, 3.05) is 11.9 Å². The molecule has 0 unspecified atom stereocenters. The zero-order valence-corrected chi connectivity index (χ0v) is 17.2. The number of amides is 1. The van der Waals surface area contributed by atoms with Gasteiger partial charge in [-0.15, -0.1) is 10.2 Å². The van der Waals surface area contributed by atoms with E-state index < -0.39 is 11.4 Å². The second kappa shape index (κ2) is 8.16. The maximum atomic E-state index is 12.5. The normalized spacial score (nSPS) is 16.3. The topological polar surface area (TPSA) is 86.5 Å². The highest BCUT2D eigenvalue weighted by atomic mass is 32.2. The van der Waals surface area contributed by atoms with Crippen LogP contribution in [-0.4, -0.2) is 28.0 Å². The Balaban J connectivity index is 1.38. The van der Waals surface area contributed by atoms with E-state index in [9.17, 15) is 4.79 Å². The van der Waals surface area contributed by atoms with Crippen LogP contribution in [0, 0.1) is 13.8 Å². The number of fused-ring (bicyclic) bond motifs is 1. The number of nitrogens with one attached hydrogen (secondary N) is 1. The molecule has 0 fully saturated rings. The maximum Gasteiger partial charge on any atom is 0.277 e. The Morgan fingerprint density at radius 3 is 2.76 bits per heavy atom. The van der Waals surface area contributed by atoms with Crippen LogP contribution in [0.15, 0.2) is 52.1 Å². The highest BCUT2D eigenvalue weighted by Crippen LogP contribution is 2.36. The van der Waals surface area contributed by atoms with E-state index in [0.29, 0.717) is 22.6 Å². The van der Waals surface area contributed by atoms with Crippen molar-refractivity contribution in [1.82, 2.24) is 10.2 Å². The molecule has 1 N–H and O–H groups in total. The fraction of sp³-hybridized carbons (Fsp3) is 0.286. The van der Waals surface area contributed by atoms with Gasteiger partial charge in [0, 0.05) is 5.69 Å². The number of carbonyl (C=O) groups is 1. The third-order valence-corrected chi connectivity index (χ3v) is 5.43. The molecule has 0 saturated carbocycles. The number of aryl methyl sites for hydroxylation is 2. The second-order valence-corrected chi connectivity index (χ2v) is 8.13. The van der Waals surface area contributed by atoms with Crippen molar-refractivity contribution in [1.29, 1.82) is 0 Å². The number of hydrogen-bond acceptors (Lipinski definition) is 7. The van der Waals surface area contributed by atoms with Crippen LogP contribution in [0.25, 0.3) is 0 Å². The molecule has 3 aromatic rings. The zero-order chi connectivity index (χ0) is 20.4. The summed E-state index contributed by atoms with van der Waals surface area (Å²) in [5.74, 6) is 1.52. The predicted molar refractivity (Wildman–Crippen MR) is 109 cm³/mol. The molecule has 29 heavy (non-hydrogen) atoms. The van der Waals surface area contributed by atoms with Crippen molar-refractivity contribution >= 4 is 23.4 Å². The van der Waals surface area contributed by atoms with Gasteiger partial charge in [-0.1, -0.05) is 41.6 Å². The SMILES string of the molecule is Cc1ccc(NC(=O)[C@H](C)Sc2nnc([C@H]3COc4ccccc4O3)o2)c(C)c1. The lowest BCUT2D eigenvalue weighted by atomic mass is 10.1. The minimum atomic E-state index is -0.480. The van der Waals surface area contributed by atoms with Crippen LogP contribution >= 0.6 is 11.8 Å². The molecule has 1 aromatic heterocycles. The molecular weight excluding hydrogens is 390 g/mol. The monoisotopic (exact) mass is 411 g/mol. The van der Waals surface area contributed by atoms with Crippen LogP contribution in [0.3, 0.4) is 0 Å². The summed E-state index contributed by atoms with van der Waals surface area (Å²) in [6.07, 6.45) is -0.480. The molecule has 2 atom stereocenters. The summed E-state index contributed by atoms with van der Waals surface area (Å²) in [6.45, 7) is 6.06. The lowest BCUT2D eigenvalue weighted by molar-refractivity contribution is -0.115. The van der Waals surface area contributed by atoms with Gasteiger partial charge in [0.1, 0.15) is 6.61 Å². The molecule has 2 aromatic carbocycles. The Hall–Kier alpha value is -3.00. The number of ether oxygens (including phenoxy) is 2. The van der Waals surface area contributed by atoms with Gasteiger partial charge in [-0.25, -0.2) is 0 Å². The third kappa shape index (κ3) is 4.37. The van der Waals surface area contributed by atoms with Gasteiger partial charge in [-0.05, 0) is 44.5 Å². The number of hydrogen-bond donors (Lipinski definition) is 1. The lowest BCUT2D eigenvalue weighted by Gasteiger charge is -2.23. The summed E-state index contributed by atoms with van der Waals surface area (Å²) in [6, 6.07) is 13.3. The molecule has 0 bridgehead atoms. The Morgan fingerprint density at radius 2 is 1.97 bits per heavy atom. The number of carbonyl (C=O) groups excluding carboxylic acids is 1. The average molecular weight is 411 g/mol. The first-order valence-corrected chi connectivity index (χ1v) is 10.1. The van der Waals surface area contributed by atoms with Gasteiger partial charge in [0.05, 0.1) is 5.25 Å². The van der Waals surface area contributed by atoms with Crippen molar-refractivity contribution < 1.29 is 18.7 Å². The molecule has 0 aliphatic carbocycles. The maximum absolute atomic E-state index is 12.5. The molecule has 8 heteroatoms. The molecule has 7 nitrogen and oxygen atoms in total. The largest absolute Gasteiger partial charge is 0.485 e. The average Bonchev–Trinajstić information content (AvgIpc) is 3.18. The molecule has 0 spiro atoms. The van der Waals surface area contributed by atoms with Crippen LogP contribution in [0.5, 0.6) is 11.5 Å². The number of nitrogens with zero attached hydrogens (tertiary/aromatic N) is 2. The van der Waals surface area contributed by atoms with Gasteiger partial charge < -0.3 is 19.2 Å². The second-order valence-electron chi connectivity index (χ2n) is 6.84. The fourth-order valence-corrected chi connectivity index (χ4v) is 3.62. The van der Waals surface area contributed by atoms with E-state index in [2.05, 4.69) is 15.5 Å².